The summed E-state index contributed by atoms with van der Waals surface area (Å²) in [4.78, 5) is 5.03. The van der Waals surface area contributed by atoms with Crippen molar-refractivity contribution < 1.29 is 0 Å². The van der Waals surface area contributed by atoms with E-state index in [1.54, 1.807) is 0 Å². The van der Waals surface area contributed by atoms with Crippen molar-refractivity contribution in [1.29, 1.82) is 0 Å². The highest BCUT2D eigenvalue weighted by molar-refractivity contribution is 6.29. The van der Waals surface area contributed by atoms with Gasteiger partial charge in [0, 0.05) is 44.5 Å². The average Bonchev–Trinajstić information content (AvgIpc) is 1.50. The Morgan fingerprint density at radius 2 is 0.358 bits per heavy atom. The summed E-state index contributed by atoms with van der Waals surface area (Å²) in [5.41, 5.74) is 49.7. The Labute approximate surface area is 862 Å². The molecule has 25 aromatic carbocycles. The number of fused-ring (bicyclic) bond motifs is 38. The molecule has 2 spiro atoms. The summed E-state index contributed by atoms with van der Waals surface area (Å²) in [5, 5.41) is 15.6. The Hall–Kier alpha value is -18.3. The highest BCUT2D eigenvalue weighted by Gasteiger charge is 2.55. The number of hydrogen-bond donors (Lipinski definition) is 0. The molecular weight excluding hydrogens is 1780 g/mol. The lowest BCUT2D eigenvalue weighted by Crippen LogP contribution is -2.26. The van der Waals surface area contributed by atoms with Gasteiger partial charge in [0.1, 0.15) is 0 Å². The molecule has 2 nitrogen and oxygen atoms in total. The first-order chi connectivity index (χ1) is 73.0. The summed E-state index contributed by atoms with van der Waals surface area (Å²) >= 11 is 0. The van der Waals surface area contributed by atoms with Gasteiger partial charge in [-0.1, -0.05) is 464 Å². The van der Waals surface area contributed by atoms with Gasteiger partial charge in [0.2, 0.25) is 0 Å². The Bertz CT molecular complexity index is 9820. The number of para-hydroxylation sites is 2. The predicted molar refractivity (Wildman–Crippen MR) is 622 cm³/mol. The molecule has 0 fully saturated rings. The maximum atomic E-state index is 2.52. The Morgan fingerprint density at radius 1 is 0.128 bits per heavy atom. The molecule has 0 heterocycles. The minimum Gasteiger partial charge on any atom is -0.309 e. The second-order valence-corrected chi connectivity index (χ2v) is 42.1. The monoisotopic (exact) mass is 1880 g/mol. The zero-order valence-corrected chi connectivity index (χ0v) is 82.5. The topological polar surface area (TPSA) is 6.48 Å². The average molecular weight is 1880 g/mol. The van der Waals surface area contributed by atoms with Crippen molar-refractivity contribution in [2.24, 2.45) is 0 Å². The quantitative estimate of drug-likeness (QED) is 0.119. The van der Waals surface area contributed by atoms with Gasteiger partial charge in [0.15, 0.2) is 0 Å². The SMILES string of the molecule is CC1(C)c2ccccc2-c2cc3c4ccccc4c4cc(-c5ccc(-c6ccc(N(c7ccccc7-c7ccccc7)c7cccc8c7-c7ccccc7C87c8ccccc8-c8ccccc87)cc6)cc5)ccc4c3cc21.CC1(C)c2ccccc2-c2cc3c4ccccc4c4cc(-c5ccc(N(c6ccccc6-c6ccccc6)c6cccc7c6-c6ccccc6C76c7ccccc7-c7ccccc76)cc5)ccc4c3cc21. The number of rotatable bonds is 11. The third-order valence-electron chi connectivity index (χ3n) is 34.2. The van der Waals surface area contributed by atoms with Crippen LogP contribution in [0.5, 0.6) is 0 Å². The molecule has 2 heteroatoms. The van der Waals surface area contributed by atoms with E-state index in [1.165, 1.54) is 254 Å². The maximum absolute atomic E-state index is 2.52. The molecule has 0 unspecified atom stereocenters. The molecule has 0 atom stereocenters. The summed E-state index contributed by atoms with van der Waals surface area (Å²) in [6.07, 6.45) is 0. The molecule has 6 aliphatic carbocycles. The van der Waals surface area contributed by atoms with Crippen molar-refractivity contribution in [2.75, 3.05) is 9.80 Å². The standard InChI is InChI=1S/C76H51N.C70H47N/c1-75(2)66-28-13-8-26-60(66)65-46-63-56-23-7-6-22-55(56)62-45-52(41-44-57(62)64(63)47-71(65)75)50-37-35-48(36-38-50)49-39-42-53(43-40-49)77(72-33-17-12-21-54(72)51-19-4-3-5-20-51)73-34-18-32-70-74(73)61-27-11-16-31-69(61)76(70)67-29-14-9-24-58(67)59-25-10-15-30-68(59)76;1-69(2)60-28-13-8-26-54(60)59-42-57-50-23-7-6-22-49(50)56-41-46(37-40-51(56)58(57)43-65(59)69)44-35-38-47(39-36-44)71(66-33-17-12-21-48(66)45-19-4-3-5-20-45)67-34-18-32-64-68(67)55-27-11-16-31-63(55)70(64)61-29-14-9-24-52(61)53-25-10-15-30-62(53)70/h3-47H,1-2H3;3-43H,1-2H3. The third kappa shape index (κ3) is 12.2. The second-order valence-electron chi connectivity index (χ2n) is 42.1. The smallest absolute Gasteiger partial charge is 0.0726 e. The molecule has 692 valence electrons. The molecule has 0 aromatic heterocycles. The molecule has 0 saturated carbocycles. The number of benzene rings is 25. The van der Waals surface area contributed by atoms with E-state index in [4.69, 9.17) is 0 Å². The zero-order valence-electron chi connectivity index (χ0n) is 82.5. The molecule has 0 bridgehead atoms. The van der Waals surface area contributed by atoms with Gasteiger partial charge in [0.05, 0.1) is 33.6 Å². The van der Waals surface area contributed by atoms with Crippen molar-refractivity contribution in [3.63, 3.8) is 0 Å². The lowest BCUT2D eigenvalue weighted by atomic mass is 9.70. The molecule has 31 rings (SSSR count). The van der Waals surface area contributed by atoms with Crippen molar-refractivity contribution >= 4 is 98.8 Å². The molecule has 0 N–H and O–H groups in total. The summed E-state index contributed by atoms with van der Waals surface area (Å²) in [6, 6.07) is 196. The fraction of sp³-hybridized carbons (Fsp3) is 0.0548. The predicted octanol–water partition coefficient (Wildman–Crippen LogP) is 38.9. The van der Waals surface area contributed by atoms with Gasteiger partial charge in [-0.2, -0.15) is 0 Å². The first-order valence-electron chi connectivity index (χ1n) is 52.1. The van der Waals surface area contributed by atoms with Crippen molar-refractivity contribution in [2.45, 2.75) is 49.4 Å². The van der Waals surface area contributed by atoms with Crippen LogP contribution in [0.15, 0.2) is 522 Å². The third-order valence-corrected chi connectivity index (χ3v) is 34.2. The molecule has 0 aliphatic heterocycles. The summed E-state index contributed by atoms with van der Waals surface area (Å²) in [5.74, 6) is 0. The minimum atomic E-state index is -0.448. The van der Waals surface area contributed by atoms with E-state index < -0.39 is 10.8 Å². The van der Waals surface area contributed by atoms with E-state index >= 15 is 0 Å². The zero-order chi connectivity index (χ0) is 98.0. The minimum absolute atomic E-state index is 0.0667. The van der Waals surface area contributed by atoms with Gasteiger partial charge < -0.3 is 9.80 Å². The highest BCUT2D eigenvalue weighted by atomic mass is 15.2. The fourth-order valence-electron chi connectivity index (χ4n) is 27.6. The largest absolute Gasteiger partial charge is 0.309 e. The van der Waals surface area contributed by atoms with Gasteiger partial charge in [0.25, 0.3) is 0 Å². The molecule has 148 heavy (non-hydrogen) atoms. The molecule has 0 saturated heterocycles. The first-order valence-corrected chi connectivity index (χ1v) is 52.1. The van der Waals surface area contributed by atoms with Crippen LogP contribution in [0, 0.1) is 0 Å². The van der Waals surface area contributed by atoms with Gasteiger partial charge in [-0.05, 0) is 316 Å². The molecular formula is C146H98N2. The summed E-state index contributed by atoms with van der Waals surface area (Å²) < 4.78 is 0. The Balaban J connectivity index is 0.000000137. The highest BCUT2D eigenvalue weighted by Crippen LogP contribution is 2.68. The van der Waals surface area contributed by atoms with Crippen LogP contribution in [0.25, 0.3) is 187 Å². The van der Waals surface area contributed by atoms with E-state index in [-0.39, 0.29) is 10.8 Å². The Kier molecular flexibility index (Phi) is 18.8. The summed E-state index contributed by atoms with van der Waals surface area (Å²) in [6.45, 7) is 9.51. The van der Waals surface area contributed by atoms with Crippen LogP contribution in [-0.2, 0) is 21.7 Å². The summed E-state index contributed by atoms with van der Waals surface area (Å²) in [7, 11) is 0. The van der Waals surface area contributed by atoms with Crippen LogP contribution in [0.3, 0.4) is 0 Å². The number of anilines is 6. The molecule has 25 aromatic rings. The molecule has 6 aliphatic rings. The van der Waals surface area contributed by atoms with Gasteiger partial charge >= 0.3 is 0 Å². The van der Waals surface area contributed by atoms with Crippen LogP contribution in [0.1, 0.15) is 94.5 Å². The van der Waals surface area contributed by atoms with E-state index in [1.807, 2.05) is 0 Å². The first kappa shape index (κ1) is 85.3. The maximum Gasteiger partial charge on any atom is 0.0726 e. The van der Waals surface area contributed by atoms with Crippen molar-refractivity contribution in [3.8, 4) is 122 Å². The van der Waals surface area contributed by atoms with E-state index in [0.717, 1.165) is 34.1 Å². The second kappa shape index (κ2) is 32.6. The lowest BCUT2D eigenvalue weighted by Gasteiger charge is -2.32. The number of nitrogens with zero attached hydrogens (tertiary/aromatic N) is 2. The normalized spacial score (nSPS) is 13.9. The van der Waals surface area contributed by atoms with Gasteiger partial charge in [-0.3, -0.25) is 0 Å². The lowest BCUT2D eigenvalue weighted by molar-refractivity contribution is 0.661. The van der Waals surface area contributed by atoms with E-state index in [2.05, 4.69) is 559 Å². The van der Waals surface area contributed by atoms with Crippen LogP contribution >= 0.6 is 0 Å². The number of hydrogen-bond acceptors (Lipinski definition) is 2. The van der Waals surface area contributed by atoms with Crippen LogP contribution in [-0.4, -0.2) is 0 Å². The van der Waals surface area contributed by atoms with E-state index in [9.17, 15) is 0 Å². The van der Waals surface area contributed by atoms with Gasteiger partial charge in [-0.25, -0.2) is 0 Å². The van der Waals surface area contributed by atoms with Gasteiger partial charge in [-0.15, -0.1) is 0 Å². The fourth-order valence-corrected chi connectivity index (χ4v) is 27.6. The van der Waals surface area contributed by atoms with Crippen molar-refractivity contribution in [3.05, 3.63) is 588 Å². The molecule has 0 radical (unpaired) electrons. The van der Waals surface area contributed by atoms with Crippen molar-refractivity contribution in [1.82, 2.24) is 0 Å². The van der Waals surface area contributed by atoms with Crippen LogP contribution < -0.4 is 9.80 Å². The van der Waals surface area contributed by atoms with E-state index in [0.29, 0.717) is 0 Å². The molecule has 0 amide bonds. The van der Waals surface area contributed by atoms with Crippen LogP contribution in [0.2, 0.25) is 0 Å². The Morgan fingerprint density at radius 3 is 0.703 bits per heavy atom. The van der Waals surface area contributed by atoms with Crippen LogP contribution in [0.4, 0.5) is 34.1 Å².